The summed E-state index contributed by atoms with van der Waals surface area (Å²) >= 11 is 0. The predicted molar refractivity (Wildman–Crippen MR) is 113 cm³/mol. The van der Waals surface area contributed by atoms with E-state index in [0.29, 0.717) is 19.1 Å². The molecule has 2 N–H and O–H groups in total. The minimum Gasteiger partial charge on any atom is -0.464 e. The van der Waals surface area contributed by atoms with Gasteiger partial charge in [-0.3, -0.25) is 9.59 Å². The molecule has 29 heavy (non-hydrogen) atoms. The van der Waals surface area contributed by atoms with Crippen molar-refractivity contribution in [2.24, 2.45) is 34.3 Å². The van der Waals surface area contributed by atoms with Crippen LogP contribution >= 0.6 is 0 Å². The summed E-state index contributed by atoms with van der Waals surface area (Å²) < 4.78 is 5.32. The van der Waals surface area contributed by atoms with Crippen molar-refractivity contribution in [2.75, 3.05) is 13.2 Å². The first kappa shape index (κ1) is 23.8. The topological polar surface area (TPSA) is 89.7 Å². The maximum atomic E-state index is 13.7. The van der Waals surface area contributed by atoms with Gasteiger partial charge in [0.1, 0.15) is 6.04 Å². The minimum absolute atomic E-state index is 0.0992. The highest BCUT2D eigenvalue weighted by Gasteiger charge is 2.52. The standard InChI is InChI=1S/C23H40N2O4/c1-8-29-21(28)18-15-11-9-10-14(15)13-25(18)20(27)16(22(2,3)4)12-17(26)19(24)23(5,6)7/h14-16,18-19H,8-13,24H2,1-7H3/t14-,15-,16+,18-,19+/m0/s1. The van der Waals surface area contributed by atoms with Gasteiger partial charge in [-0.1, -0.05) is 48.0 Å². The van der Waals surface area contributed by atoms with E-state index in [-0.39, 0.29) is 35.4 Å². The Morgan fingerprint density at radius 2 is 1.69 bits per heavy atom. The highest BCUT2D eigenvalue weighted by Crippen LogP contribution is 2.44. The van der Waals surface area contributed by atoms with Crippen LogP contribution in [0, 0.1) is 28.6 Å². The summed E-state index contributed by atoms with van der Waals surface area (Å²) in [6.45, 7) is 14.4. The zero-order valence-electron chi connectivity index (χ0n) is 19.3. The van der Waals surface area contributed by atoms with Crippen molar-refractivity contribution in [3.05, 3.63) is 0 Å². The third kappa shape index (κ3) is 5.19. The number of ketones is 1. The Balaban J connectivity index is 2.28. The first-order chi connectivity index (χ1) is 13.3. The number of carbonyl (C=O) groups is 3. The molecule has 0 spiro atoms. The molecule has 0 radical (unpaired) electrons. The van der Waals surface area contributed by atoms with Gasteiger partial charge in [-0.25, -0.2) is 4.79 Å². The number of nitrogens with zero attached hydrogens (tertiary/aromatic N) is 1. The van der Waals surface area contributed by atoms with Crippen molar-refractivity contribution in [1.29, 1.82) is 0 Å². The smallest absolute Gasteiger partial charge is 0.329 e. The molecule has 0 aromatic heterocycles. The van der Waals surface area contributed by atoms with E-state index in [2.05, 4.69) is 0 Å². The number of carbonyl (C=O) groups excluding carboxylic acids is 3. The van der Waals surface area contributed by atoms with Crippen molar-refractivity contribution >= 4 is 17.7 Å². The Labute approximate surface area is 175 Å². The summed E-state index contributed by atoms with van der Waals surface area (Å²) in [7, 11) is 0. The highest BCUT2D eigenvalue weighted by molar-refractivity contribution is 5.92. The van der Waals surface area contributed by atoms with E-state index in [1.54, 1.807) is 11.8 Å². The molecule has 6 nitrogen and oxygen atoms in total. The number of likely N-dealkylation sites (tertiary alicyclic amines) is 1. The van der Waals surface area contributed by atoms with Gasteiger partial charge in [-0.2, -0.15) is 0 Å². The fraction of sp³-hybridized carbons (Fsp3) is 0.870. The van der Waals surface area contributed by atoms with Gasteiger partial charge in [-0.15, -0.1) is 0 Å². The molecule has 5 atom stereocenters. The number of fused-ring (bicyclic) bond motifs is 1. The van der Waals surface area contributed by atoms with Crippen LogP contribution < -0.4 is 5.73 Å². The van der Waals surface area contributed by atoms with E-state index in [0.717, 1.165) is 19.3 Å². The van der Waals surface area contributed by atoms with E-state index >= 15 is 0 Å². The predicted octanol–water partition coefficient (Wildman–Crippen LogP) is 3.17. The van der Waals surface area contributed by atoms with Crippen molar-refractivity contribution in [3.63, 3.8) is 0 Å². The van der Waals surface area contributed by atoms with Gasteiger partial charge < -0.3 is 15.4 Å². The van der Waals surface area contributed by atoms with E-state index in [1.165, 1.54) is 0 Å². The van der Waals surface area contributed by atoms with Gasteiger partial charge in [-0.05, 0) is 42.4 Å². The minimum atomic E-state index is -0.626. The monoisotopic (exact) mass is 408 g/mol. The van der Waals surface area contributed by atoms with Crippen molar-refractivity contribution in [2.45, 2.75) is 86.2 Å². The van der Waals surface area contributed by atoms with Gasteiger partial charge >= 0.3 is 5.97 Å². The zero-order valence-corrected chi connectivity index (χ0v) is 19.3. The molecule has 0 unspecified atom stereocenters. The average molecular weight is 409 g/mol. The molecule has 0 aromatic rings. The lowest BCUT2D eigenvalue weighted by Crippen LogP contribution is -2.51. The first-order valence-electron chi connectivity index (χ1n) is 11.0. The second-order valence-corrected chi connectivity index (χ2v) is 11.0. The molecule has 2 rings (SSSR count). The Hall–Kier alpha value is -1.43. The van der Waals surface area contributed by atoms with E-state index < -0.39 is 23.4 Å². The number of hydrogen-bond acceptors (Lipinski definition) is 5. The highest BCUT2D eigenvalue weighted by atomic mass is 16.5. The molecule has 1 aliphatic carbocycles. The van der Waals surface area contributed by atoms with Crippen LogP contribution in [0.4, 0.5) is 0 Å². The lowest BCUT2D eigenvalue weighted by atomic mass is 9.74. The van der Waals surface area contributed by atoms with Crippen LogP contribution in [0.15, 0.2) is 0 Å². The summed E-state index contributed by atoms with van der Waals surface area (Å²) in [5.41, 5.74) is 5.40. The van der Waals surface area contributed by atoms with E-state index in [9.17, 15) is 14.4 Å². The van der Waals surface area contributed by atoms with Crippen LogP contribution in [0.2, 0.25) is 0 Å². The van der Waals surface area contributed by atoms with Crippen molar-refractivity contribution in [1.82, 2.24) is 4.90 Å². The van der Waals surface area contributed by atoms with Gasteiger partial charge in [0.2, 0.25) is 5.91 Å². The summed E-state index contributed by atoms with van der Waals surface area (Å²) in [4.78, 5) is 41.0. The Bertz CT molecular complexity index is 632. The molecule has 2 aliphatic rings. The number of ether oxygens (including phenoxy) is 1. The number of Topliss-reactive ketones (excluding diaryl/α,β-unsaturated/α-hetero) is 1. The fourth-order valence-corrected chi connectivity index (χ4v) is 4.84. The maximum absolute atomic E-state index is 13.7. The molecular formula is C23H40N2O4. The summed E-state index contributed by atoms with van der Waals surface area (Å²) in [6.07, 6.45) is 3.18. The van der Waals surface area contributed by atoms with Gasteiger partial charge in [0.05, 0.1) is 12.6 Å². The molecule has 166 valence electrons. The van der Waals surface area contributed by atoms with Crippen molar-refractivity contribution in [3.8, 4) is 0 Å². The first-order valence-corrected chi connectivity index (χ1v) is 11.0. The third-order valence-electron chi connectivity index (χ3n) is 6.73. The van der Waals surface area contributed by atoms with E-state index in [4.69, 9.17) is 10.5 Å². The van der Waals surface area contributed by atoms with Crippen LogP contribution in [0.3, 0.4) is 0 Å². The molecule has 1 amide bonds. The molecule has 0 bridgehead atoms. The number of rotatable bonds is 6. The molecule has 1 saturated carbocycles. The van der Waals surface area contributed by atoms with Crippen molar-refractivity contribution < 1.29 is 19.1 Å². The molecule has 1 aliphatic heterocycles. The summed E-state index contributed by atoms with van der Waals surface area (Å²) in [5.74, 6) is -0.510. The van der Waals surface area contributed by atoms with Crippen LogP contribution in [0.5, 0.6) is 0 Å². The van der Waals surface area contributed by atoms with Gasteiger partial charge in [0.15, 0.2) is 5.78 Å². The normalized spacial score (nSPS) is 26.8. The van der Waals surface area contributed by atoms with Crippen LogP contribution in [0.25, 0.3) is 0 Å². The maximum Gasteiger partial charge on any atom is 0.329 e. The summed E-state index contributed by atoms with van der Waals surface area (Å²) in [5, 5.41) is 0. The molecule has 0 aromatic carbocycles. The molecule has 6 heteroatoms. The largest absolute Gasteiger partial charge is 0.464 e. The molecule has 1 heterocycles. The van der Waals surface area contributed by atoms with Gasteiger partial charge in [0.25, 0.3) is 0 Å². The van der Waals surface area contributed by atoms with E-state index in [1.807, 2.05) is 41.5 Å². The van der Waals surface area contributed by atoms with Crippen LogP contribution in [0.1, 0.15) is 74.1 Å². The van der Waals surface area contributed by atoms with Gasteiger partial charge in [0, 0.05) is 18.9 Å². The average Bonchev–Trinajstić information content (AvgIpc) is 3.17. The second-order valence-electron chi connectivity index (χ2n) is 11.0. The molecule has 1 saturated heterocycles. The Morgan fingerprint density at radius 3 is 2.21 bits per heavy atom. The van der Waals surface area contributed by atoms with Crippen LogP contribution in [-0.2, 0) is 19.1 Å². The lowest BCUT2D eigenvalue weighted by molar-refractivity contribution is -0.157. The second kappa shape index (κ2) is 8.75. The number of hydrogen-bond donors (Lipinski definition) is 1. The third-order valence-corrected chi connectivity index (χ3v) is 6.73. The quantitative estimate of drug-likeness (QED) is 0.682. The number of nitrogens with two attached hydrogens (primary N) is 1. The molecule has 2 fully saturated rings. The summed E-state index contributed by atoms with van der Waals surface area (Å²) in [6, 6.07) is -1.15. The number of amides is 1. The zero-order chi connectivity index (χ0) is 22.1. The fourth-order valence-electron chi connectivity index (χ4n) is 4.84. The Kier molecular flexibility index (Phi) is 7.19. The SMILES string of the molecule is CCOC(=O)[C@@H]1[C@H]2CCC[C@H]2CN1C(=O)[C@@H](CC(=O)[C@@H](N)C(C)(C)C)C(C)(C)C. The number of esters is 1. The Morgan fingerprint density at radius 1 is 1.07 bits per heavy atom. The lowest BCUT2D eigenvalue weighted by Gasteiger charge is -2.36. The molecular weight excluding hydrogens is 368 g/mol. The van der Waals surface area contributed by atoms with Crippen LogP contribution in [-0.4, -0.2) is 47.8 Å².